The maximum absolute atomic E-state index is 13.2. The molecular weight excluding hydrogens is 440 g/mol. The van der Waals surface area contributed by atoms with Crippen molar-refractivity contribution in [2.75, 3.05) is 26.8 Å². The molecule has 1 aliphatic heterocycles. The Hall–Kier alpha value is -2.62. The average molecular weight is 475 g/mol. The van der Waals surface area contributed by atoms with E-state index in [0.29, 0.717) is 40.7 Å². The number of fused-ring (bicyclic) bond motifs is 3. The Morgan fingerprint density at radius 2 is 2.00 bits per heavy atom. The first-order valence-corrected chi connectivity index (χ1v) is 11.9. The fraction of sp³-hybridized carbons (Fsp3) is 0.600. The van der Waals surface area contributed by atoms with Gasteiger partial charge < -0.3 is 35.0 Å². The molecule has 0 saturated heterocycles. The third-order valence-corrected chi connectivity index (χ3v) is 6.78. The van der Waals surface area contributed by atoms with Crippen molar-refractivity contribution in [1.82, 2.24) is 10.2 Å². The van der Waals surface area contributed by atoms with Gasteiger partial charge in [0, 0.05) is 30.1 Å². The highest BCUT2D eigenvalue weighted by Crippen LogP contribution is 2.51. The molecule has 0 radical (unpaired) electrons. The summed E-state index contributed by atoms with van der Waals surface area (Å²) in [6.45, 7) is 3.80. The van der Waals surface area contributed by atoms with Crippen LogP contribution in [-0.4, -0.2) is 77.1 Å². The molecule has 4 rings (SSSR count). The molecule has 4 N–H and O–H groups in total. The molecule has 9 nitrogen and oxygen atoms in total. The summed E-state index contributed by atoms with van der Waals surface area (Å²) >= 11 is 0. The molecule has 34 heavy (non-hydrogen) atoms. The zero-order valence-corrected chi connectivity index (χ0v) is 19.9. The summed E-state index contributed by atoms with van der Waals surface area (Å²) in [6, 6.07) is 2.69. The maximum atomic E-state index is 13.2. The standard InChI is InChI=1S/C25H34N2O7/c1-13(2)25(32)27(11-14-4-5-14)18-10-17(24(31)26-6-7-28)20-16-8-15(12-29)9-19(33-3)22(16)34-23(20)21(18)30/h8-10,13-14,18,20-21,23,28-30H,4-7,11-12H2,1-3H3,(H,26,31)/t18-,20+,21+,23+/m1/s1. The highest BCUT2D eigenvalue weighted by molar-refractivity contribution is 5.96. The fourth-order valence-electron chi connectivity index (χ4n) is 4.89. The van der Waals surface area contributed by atoms with E-state index in [9.17, 15) is 24.9 Å². The van der Waals surface area contributed by atoms with Crippen LogP contribution in [0.3, 0.4) is 0 Å². The van der Waals surface area contributed by atoms with Gasteiger partial charge in [0.15, 0.2) is 11.5 Å². The molecule has 1 aromatic carbocycles. The van der Waals surface area contributed by atoms with E-state index in [1.165, 1.54) is 7.11 Å². The van der Waals surface area contributed by atoms with Crippen molar-refractivity contribution in [1.29, 1.82) is 0 Å². The van der Waals surface area contributed by atoms with Gasteiger partial charge in [-0.15, -0.1) is 0 Å². The number of rotatable bonds is 9. The normalized spacial score (nSPS) is 25.2. The van der Waals surface area contributed by atoms with Crippen LogP contribution in [0.25, 0.3) is 0 Å². The monoisotopic (exact) mass is 474 g/mol. The van der Waals surface area contributed by atoms with Crippen LogP contribution in [0.4, 0.5) is 0 Å². The minimum Gasteiger partial charge on any atom is -0.493 e. The number of methoxy groups -OCH3 is 1. The van der Waals surface area contributed by atoms with Crippen LogP contribution >= 0.6 is 0 Å². The van der Waals surface area contributed by atoms with E-state index >= 15 is 0 Å². The van der Waals surface area contributed by atoms with Gasteiger partial charge in [0.1, 0.15) is 12.2 Å². The highest BCUT2D eigenvalue weighted by Gasteiger charge is 2.52. The van der Waals surface area contributed by atoms with Gasteiger partial charge in [0.05, 0.1) is 32.3 Å². The molecule has 186 valence electrons. The summed E-state index contributed by atoms with van der Waals surface area (Å²) in [6.07, 6.45) is 1.86. The second-order valence-electron chi connectivity index (χ2n) is 9.61. The molecule has 9 heteroatoms. The zero-order valence-electron chi connectivity index (χ0n) is 19.9. The number of nitrogens with one attached hydrogen (secondary N) is 1. The summed E-state index contributed by atoms with van der Waals surface area (Å²) in [5.41, 5.74) is 1.60. The van der Waals surface area contributed by atoms with Crippen molar-refractivity contribution >= 4 is 11.8 Å². The predicted octanol–water partition coefficient (Wildman–Crippen LogP) is 0.705. The van der Waals surface area contributed by atoms with Crippen LogP contribution in [0.2, 0.25) is 0 Å². The molecule has 0 aromatic heterocycles. The number of ether oxygens (including phenoxy) is 2. The first-order chi connectivity index (χ1) is 16.3. The van der Waals surface area contributed by atoms with Crippen molar-refractivity contribution in [3.63, 3.8) is 0 Å². The van der Waals surface area contributed by atoms with Gasteiger partial charge in [-0.3, -0.25) is 9.59 Å². The average Bonchev–Trinajstić information content (AvgIpc) is 3.57. The number of aliphatic hydroxyl groups excluding tert-OH is 3. The number of aliphatic hydroxyl groups is 3. The molecule has 0 spiro atoms. The summed E-state index contributed by atoms with van der Waals surface area (Å²) in [5.74, 6) is -0.149. The lowest BCUT2D eigenvalue weighted by Gasteiger charge is -2.41. The molecule has 0 unspecified atom stereocenters. The molecule has 4 atom stereocenters. The van der Waals surface area contributed by atoms with E-state index in [0.717, 1.165) is 12.8 Å². The quantitative estimate of drug-likeness (QED) is 0.415. The maximum Gasteiger partial charge on any atom is 0.247 e. The molecule has 1 aromatic rings. The van der Waals surface area contributed by atoms with Gasteiger partial charge >= 0.3 is 0 Å². The molecule has 1 saturated carbocycles. The van der Waals surface area contributed by atoms with Crippen molar-refractivity contribution in [2.45, 2.75) is 57.5 Å². The van der Waals surface area contributed by atoms with Crippen LogP contribution in [0.5, 0.6) is 11.5 Å². The zero-order chi connectivity index (χ0) is 24.6. The molecular formula is C25H34N2O7. The van der Waals surface area contributed by atoms with E-state index in [1.807, 2.05) is 13.8 Å². The molecule has 2 amide bonds. The summed E-state index contributed by atoms with van der Waals surface area (Å²) in [5, 5.41) is 33.1. The number of amides is 2. The van der Waals surface area contributed by atoms with Crippen molar-refractivity contribution in [2.24, 2.45) is 11.8 Å². The number of hydrogen-bond acceptors (Lipinski definition) is 7. The third-order valence-electron chi connectivity index (χ3n) is 6.78. The largest absolute Gasteiger partial charge is 0.493 e. The highest BCUT2D eigenvalue weighted by atomic mass is 16.5. The molecule has 2 aliphatic carbocycles. The van der Waals surface area contributed by atoms with Gasteiger partial charge in [-0.1, -0.05) is 13.8 Å². The van der Waals surface area contributed by atoms with Crippen LogP contribution in [0.15, 0.2) is 23.8 Å². The van der Waals surface area contributed by atoms with Gasteiger partial charge in [-0.25, -0.2) is 0 Å². The minimum absolute atomic E-state index is 0.0746. The lowest BCUT2D eigenvalue weighted by Crippen LogP contribution is -2.56. The van der Waals surface area contributed by atoms with E-state index in [4.69, 9.17) is 9.47 Å². The second-order valence-corrected chi connectivity index (χ2v) is 9.61. The molecule has 0 bridgehead atoms. The predicted molar refractivity (Wildman–Crippen MR) is 123 cm³/mol. The number of nitrogens with zero attached hydrogens (tertiary/aromatic N) is 1. The molecule has 1 fully saturated rings. The Morgan fingerprint density at radius 1 is 1.26 bits per heavy atom. The Balaban J connectivity index is 1.80. The number of carbonyl (C=O) groups excluding carboxylic acids is 2. The Labute approximate surface area is 199 Å². The van der Waals surface area contributed by atoms with Gasteiger partial charge in [-0.05, 0) is 42.5 Å². The van der Waals surface area contributed by atoms with E-state index in [1.54, 1.807) is 23.1 Å². The van der Waals surface area contributed by atoms with Crippen molar-refractivity contribution < 1.29 is 34.4 Å². The number of carbonyl (C=O) groups is 2. The molecule has 1 heterocycles. The smallest absolute Gasteiger partial charge is 0.247 e. The van der Waals surface area contributed by atoms with Crippen LogP contribution in [0.1, 0.15) is 43.7 Å². The van der Waals surface area contributed by atoms with E-state index < -0.39 is 30.1 Å². The van der Waals surface area contributed by atoms with Crippen molar-refractivity contribution in [3.05, 3.63) is 34.9 Å². The number of benzene rings is 1. The topological polar surface area (TPSA) is 129 Å². The third kappa shape index (κ3) is 4.52. The van der Waals surface area contributed by atoms with Crippen LogP contribution < -0.4 is 14.8 Å². The van der Waals surface area contributed by atoms with E-state index in [2.05, 4.69) is 5.32 Å². The Kier molecular flexibility index (Phi) is 7.16. The Bertz CT molecular complexity index is 972. The van der Waals surface area contributed by atoms with E-state index in [-0.39, 0.29) is 31.6 Å². The Morgan fingerprint density at radius 3 is 2.59 bits per heavy atom. The minimum atomic E-state index is -1.07. The second kappa shape index (κ2) is 9.93. The van der Waals surface area contributed by atoms with Crippen molar-refractivity contribution in [3.8, 4) is 11.5 Å². The summed E-state index contributed by atoms with van der Waals surface area (Å²) in [7, 11) is 1.49. The lowest BCUT2D eigenvalue weighted by molar-refractivity contribution is -0.140. The van der Waals surface area contributed by atoms with Gasteiger partial charge in [0.2, 0.25) is 11.8 Å². The lowest BCUT2D eigenvalue weighted by atomic mass is 9.77. The summed E-state index contributed by atoms with van der Waals surface area (Å²) < 4.78 is 11.7. The molecule has 3 aliphatic rings. The first-order valence-electron chi connectivity index (χ1n) is 11.9. The fourth-order valence-corrected chi connectivity index (χ4v) is 4.89. The first kappa shape index (κ1) is 24.5. The summed E-state index contributed by atoms with van der Waals surface area (Å²) in [4.78, 5) is 28.1. The SMILES string of the molecule is COc1cc(CO)cc2c1O[C@@H]1[C@@H](O)[C@H](N(CC3CC3)C(=O)C(C)C)C=C(C(=O)NCCO)[C@H]21. The van der Waals surface area contributed by atoms with Gasteiger partial charge in [-0.2, -0.15) is 0 Å². The van der Waals surface area contributed by atoms with Crippen LogP contribution in [0, 0.1) is 11.8 Å². The van der Waals surface area contributed by atoms with Crippen LogP contribution in [-0.2, 0) is 16.2 Å². The van der Waals surface area contributed by atoms with Gasteiger partial charge in [0.25, 0.3) is 0 Å². The number of hydrogen-bond donors (Lipinski definition) is 4.